The quantitative estimate of drug-likeness (QED) is 0.728. The number of hydrogen-bond acceptors (Lipinski definition) is 3. The van der Waals surface area contributed by atoms with Crippen molar-refractivity contribution in [3.8, 4) is 5.75 Å². The molecule has 126 valence electrons. The maximum atomic E-state index is 13.9. The van der Waals surface area contributed by atoms with Crippen LogP contribution in [0.15, 0.2) is 28.8 Å². The van der Waals surface area contributed by atoms with E-state index < -0.39 is 5.82 Å². The lowest BCUT2D eigenvalue weighted by Gasteiger charge is -2.35. The molecule has 0 aliphatic carbocycles. The Labute approximate surface area is 151 Å². The second-order valence-electron chi connectivity index (χ2n) is 5.26. The lowest BCUT2D eigenvalue weighted by molar-refractivity contribution is 0.169. The van der Waals surface area contributed by atoms with Gasteiger partial charge in [0.2, 0.25) is 0 Å². The zero-order chi connectivity index (χ0) is 14.7. The molecule has 3 nitrogen and oxygen atoms in total. The van der Waals surface area contributed by atoms with Crippen molar-refractivity contribution in [3.63, 3.8) is 0 Å². The molecule has 0 saturated carbocycles. The Balaban J connectivity index is 0.00000220. The Hall–Kier alpha value is -0.330. The van der Waals surface area contributed by atoms with Crippen LogP contribution in [-0.2, 0) is 0 Å². The number of phenols is 1. The molecule has 22 heavy (non-hydrogen) atoms. The van der Waals surface area contributed by atoms with Crippen LogP contribution in [0.4, 0.5) is 4.39 Å². The van der Waals surface area contributed by atoms with Crippen LogP contribution >= 0.6 is 40.7 Å². The Morgan fingerprint density at radius 2 is 2.00 bits per heavy atom. The summed E-state index contributed by atoms with van der Waals surface area (Å²) in [6.07, 6.45) is 0.717. The van der Waals surface area contributed by atoms with E-state index in [1.165, 1.54) is 0 Å². The molecule has 2 N–H and O–H groups in total. The molecule has 1 aromatic rings. The predicted octanol–water partition coefficient (Wildman–Crippen LogP) is 4.05. The molecule has 1 aliphatic heterocycles. The fraction of sp³-hybridized carbons (Fsp3) is 0.467. The van der Waals surface area contributed by atoms with Crippen molar-refractivity contribution in [2.75, 3.05) is 26.2 Å². The second-order valence-corrected chi connectivity index (χ2v) is 6.12. The van der Waals surface area contributed by atoms with Crippen LogP contribution < -0.4 is 5.32 Å². The van der Waals surface area contributed by atoms with E-state index in [1.807, 2.05) is 6.92 Å². The first-order chi connectivity index (χ1) is 9.50. The van der Waals surface area contributed by atoms with Crippen LogP contribution in [0.3, 0.4) is 0 Å². The molecule has 0 spiro atoms. The first-order valence-corrected chi connectivity index (χ1v) is 7.56. The standard InChI is InChI=1S/C15H20BrFN2O.2ClH/c1-10(2)9-13(19-7-5-18-6-8-19)11-3-4-12(16)14(17)15(11)20;;/h3-4,13,18,20H,1,5-9H2,2H3;2*1H/t13-;;/m1../s1. The number of nitrogens with zero attached hydrogens (tertiary/aromatic N) is 1. The largest absolute Gasteiger partial charge is 0.505 e. The summed E-state index contributed by atoms with van der Waals surface area (Å²) >= 11 is 3.10. The van der Waals surface area contributed by atoms with E-state index >= 15 is 0 Å². The number of piperazine rings is 1. The summed E-state index contributed by atoms with van der Waals surface area (Å²) in [6, 6.07) is 3.41. The summed E-state index contributed by atoms with van der Waals surface area (Å²) in [6.45, 7) is 9.50. The molecule has 1 aliphatic rings. The highest BCUT2D eigenvalue weighted by molar-refractivity contribution is 9.10. The molecule has 1 aromatic carbocycles. The zero-order valence-electron chi connectivity index (χ0n) is 12.4. The van der Waals surface area contributed by atoms with Gasteiger partial charge in [0, 0.05) is 37.8 Å². The normalized spacial score (nSPS) is 16.3. The van der Waals surface area contributed by atoms with E-state index in [4.69, 9.17) is 0 Å². The minimum Gasteiger partial charge on any atom is -0.505 e. The third-order valence-corrected chi connectivity index (χ3v) is 4.21. The van der Waals surface area contributed by atoms with Gasteiger partial charge in [0.15, 0.2) is 11.6 Å². The monoisotopic (exact) mass is 414 g/mol. The Morgan fingerprint density at radius 3 is 2.55 bits per heavy atom. The molecule has 0 aromatic heterocycles. The zero-order valence-corrected chi connectivity index (χ0v) is 15.7. The van der Waals surface area contributed by atoms with E-state index in [2.05, 4.69) is 32.7 Å². The molecule has 1 fully saturated rings. The molecular formula is C15H22BrCl2FN2O. The van der Waals surface area contributed by atoms with Crippen LogP contribution in [-0.4, -0.2) is 36.2 Å². The Kier molecular flexibility index (Phi) is 9.58. The van der Waals surface area contributed by atoms with Crippen molar-refractivity contribution in [1.82, 2.24) is 10.2 Å². The Morgan fingerprint density at radius 1 is 1.41 bits per heavy atom. The molecule has 2 rings (SSSR count). The predicted molar refractivity (Wildman–Crippen MR) is 96.9 cm³/mol. The average Bonchev–Trinajstić information content (AvgIpc) is 2.44. The van der Waals surface area contributed by atoms with E-state index in [-0.39, 0.29) is 41.1 Å². The van der Waals surface area contributed by atoms with E-state index in [1.54, 1.807) is 12.1 Å². The lowest BCUT2D eigenvalue weighted by Crippen LogP contribution is -2.45. The highest BCUT2D eigenvalue weighted by Crippen LogP contribution is 2.37. The fourth-order valence-electron chi connectivity index (χ4n) is 2.58. The highest BCUT2D eigenvalue weighted by Gasteiger charge is 2.26. The van der Waals surface area contributed by atoms with Gasteiger partial charge in [0.05, 0.1) is 4.47 Å². The summed E-state index contributed by atoms with van der Waals surface area (Å²) in [4.78, 5) is 2.27. The van der Waals surface area contributed by atoms with Crippen molar-refractivity contribution in [3.05, 3.63) is 40.1 Å². The maximum Gasteiger partial charge on any atom is 0.179 e. The summed E-state index contributed by atoms with van der Waals surface area (Å²) in [5, 5.41) is 13.4. The minimum atomic E-state index is -0.593. The van der Waals surface area contributed by atoms with E-state index in [0.717, 1.165) is 31.8 Å². The van der Waals surface area contributed by atoms with Gasteiger partial charge in [-0.3, -0.25) is 4.90 Å². The maximum absolute atomic E-state index is 13.9. The third-order valence-electron chi connectivity index (χ3n) is 3.59. The molecule has 0 unspecified atom stereocenters. The first-order valence-electron chi connectivity index (χ1n) is 6.76. The first kappa shape index (κ1) is 21.7. The van der Waals surface area contributed by atoms with E-state index in [0.29, 0.717) is 12.0 Å². The topological polar surface area (TPSA) is 35.5 Å². The average molecular weight is 416 g/mol. The number of rotatable bonds is 4. The number of benzene rings is 1. The minimum absolute atomic E-state index is 0. The van der Waals surface area contributed by atoms with Gasteiger partial charge in [-0.15, -0.1) is 31.4 Å². The van der Waals surface area contributed by atoms with Gasteiger partial charge >= 0.3 is 0 Å². The van der Waals surface area contributed by atoms with Gasteiger partial charge in [-0.2, -0.15) is 0 Å². The molecule has 1 heterocycles. The van der Waals surface area contributed by atoms with Gasteiger partial charge < -0.3 is 10.4 Å². The van der Waals surface area contributed by atoms with Crippen LogP contribution in [0.2, 0.25) is 0 Å². The molecule has 0 amide bonds. The molecular weight excluding hydrogens is 394 g/mol. The Bertz CT molecular complexity index is 511. The molecule has 0 radical (unpaired) electrons. The molecule has 0 bridgehead atoms. The molecule has 1 atom stereocenters. The molecule has 1 saturated heterocycles. The van der Waals surface area contributed by atoms with Crippen LogP contribution in [0, 0.1) is 5.82 Å². The number of aromatic hydroxyl groups is 1. The van der Waals surface area contributed by atoms with Crippen molar-refractivity contribution in [2.45, 2.75) is 19.4 Å². The number of hydrogen-bond donors (Lipinski definition) is 2. The number of nitrogens with one attached hydrogen (secondary N) is 1. The van der Waals surface area contributed by atoms with Crippen molar-refractivity contribution in [1.29, 1.82) is 0 Å². The van der Waals surface area contributed by atoms with Crippen LogP contribution in [0.25, 0.3) is 0 Å². The van der Waals surface area contributed by atoms with Crippen LogP contribution in [0.5, 0.6) is 5.75 Å². The van der Waals surface area contributed by atoms with Gasteiger partial charge in [-0.1, -0.05) is 11.6 Å². The van der Waals surface area contributed by atoms with Gasteiger partial charge in [0.1, 0.15) is 0 Å². The van der Waals surface area contributed by atoms with Crippen molar-refractivity contribution >= 4 is 40.7 Å². The summed E-state index contributed by atoms with van der Waals surface area (Å²) in [5.41, 5.74) is 1.66. The van der Waals surface area contributed by atoms with Gasteiger partial charge in [-0.25, -0.2) is 4.39 Å². The molecule has 7 heteroatoms. The smallest absolute Gasteiger partial charge is 0.179 e. The van der Waals surface area contributed by atoms with Crippen molar-refractivity contribution < 1.29 is 9.50 Å². The van der Waals surface area contributed by atoms with E-state index in [9.17, 15) is 9.50 Å². The summed E-state index contributed by atoms with van der Waals surface area (Å²) in [5.74, 6) is -0.853. The van der Waals surface area contributed by atoms with Gasteiger partial charge in [-0.05, 0) is 35.3 Å². The SMILES string of the molecule is C=C(C)C[C@H](c1ccc(Br)c(F)c1O)N1CCNCC1.Cl.Cl. The number of halogens is 4. The van der Waals surface area contributed by atoms with Gasteiger partial charge in [0.25, 0.3) is 0 Å². The fourth-order valence-corrected chi connectivity index (χ4v) is 2.90. The summed E-state index contributed by atoms with van der Waals surface area (Å²) in [7, 11) is 0. The second kappa shape index (κ2) is 9.73. The third kappa shape index (κ3) is 5.10. The summed E-state index contributed by atoms with van der Waals surface area (Å²) < 4.78 is 14.2. The number of phenolic OH excluding ortho intramolecular Hbond substituents is 1. The lowest BCUT2D eigenvalue weighted by atomic mass is 9.97. The van der Waals surface area contributed by atoms with Crippen LogP contribution in [0.1, 0.15) is 24.9 Å². The highest BCUT2D eigenvalue weighted by atomic mass is 79.9. The van der Waals surface area contributed by atoms with Crippen molar-refractivity contribution in [2.24, 2.45) is 0 Å².